The molecule has 0 bridgehead atoms. The summed E-state index contributed by atoms with van der Waals surface area (Å²) < 4.78 is 12.4. The maximum atomic E-state index is 12.9. The van der Waals surface area contributed by atoms with E-state index in [9.17, 15) is 14.4 Å². The number of esters is 1. The molecule has 0 aliphatic carbocycles. The van der Waals surface area contributed by atoms with E-state index in [1.165, 1.54) is 29.1 Å². The van der Waals surface area contributed by atoms with Crippen LogP contribution in [0, 0.1) is 0 Å². The zero-order chi connectivity index (χ0) is 21.8. The monoisotopic (exact) mass is 439 g/mol. The van der Waals surface area contributed by atoms with Crippen molar-refractivity contribution in [3.05, 3.63) is 80.2 Å². The molecule has 4 rings (SSSR count). The lowest BCUT2D eigenvalue weighted by Gasteiger charge is -2.19. The SMILES string of the molecule is COC(=O)c1c(OCc2cccs2)cc(=O)n2c1CCN(C(=O)c1ccncc1)CC2. The van der Waals surface area contributed by atoms with Crippen LogP contribution in [0.15, 0.2) is 52.9 Å². The van der Waals surface area contributed by atoms with Crippen molar-refractivity contribution in [1.29, 1.82) is 0 Å². The van der Waals surface area contributed by atoms with Crippen LogP contribution >= 0.6 is 11.3 Å². The smallest absolute Gasteiger partial charge is 0.343 e. The Bertz CT molecular complexity index is 1140. The van der Waals surface area contributed by atoms with Gasteiger partial charge in [0.2, 0.25) is 0 Å². The lowest BCUT2D eigenvalue weighted by molar-refractivity contribution is 0.0592. The standard InChI is InChI=1S/C22H21N3O5S/c1-29-22(28)20-17-6-9-24(21(27)15-4-7-23-8-5-15)10-11-25(17)19(26)13-18(20)30-14-16-3-2-12-31-16/h2-5,7-8,12-13H,6,9-11,14H2,1H3. The van der Waals surface area contributed by atoms with Gasteiger partial charge in [0.25, 0.3) is 11.5 Å². The Labute approximate surface area is 182 Å². The van der Waals surface area contributed by atoms with Crippen LogP contribution in [0.5, 0.6) is 5.75 Å². The molecule has 160 valence electrons. The third kappa shape index (κ3) is 4.36. The van der Waals surface area contributed by atoms with Crippen LogP contribution in [0.3, 0.4) is 0 Å². The number of ether oxygens (including phenoxy) is 2. The lowest BCUT2D eigenvalue weighted by Crippen LogP contribution is -2.34. The summed E-state index contributed by atoms with van der Waals surface area (Å²) in [4.78, 5) is 44.9. The molecule has 1 aliphatic rings. The van der Waals surface area contributed by atoms with Crippen LogP contribution in [0.4, 0.5) is 0 Å². The van der Waals surface area contributed by atoms with E-state index in [1.807, 2.05) is 17.5 Å². The highest BCUT2D eigenvalue weighted by Gasteiger charge is 2.27. The fraction of sp³-hybridized carbons (Fsp3) is 0.273. The number of methoxy groups -OCH3 is 1. The van der Waals surface area contributed by atoms with E-state index in [0.717, 1.165) is 4.88 Å². The second kappa shape index (κ2) is 9.13. The van der Waals surface area contributed by atoms with Gasteiger partial charge >= 0.3 is 5.97 Å². The van der Waals surface area contributed by atoms with Gasteiger partial charge in [-0.25, -0.2) is 4.79 Å². The molecule has 0 N–H and O–H groups in total. The molecule has 8 nitrogen and oxygen atoms in total. The Balaban J connectivity index is 1.65. The van der Waals surface area contributed by atoms with Gasteiger partial charge in [-0.2, -0.15) is 0 Å². The van der Waals surface area contributed by atoms with Gasteiger partial charge in [0.15, 0.2) is 0 Å². The van der Waals surface area contributed by atoms with Crippen LogP contribution < -0.4 is 10.3 Å². The largest absolute Gasteiger partial charge is 0.487 e. The number of aromatic nitrogens is 2. The third-order valence-electron chi connectivity index (χ3n) is 5.15. The van der Waals surface area contributed by atoms with Crippen LogP contribution in [0.1, 0.15) is 31.3 Å². The summed E-state index contributed by atoms with van der Waals surface area (Å²) in [5.74, 6) is -0.513. The van der Waals surface area contributed by atoms with Crippen molar-refractivity contribution in [1.82, 2.24) is 14.5 Å². The van der Waals surface area contributed by atoms with Crippen molar-refractivity contribution in [3.8, 4) is 5.75 Å². The van der Waals surface area contributed by atoms with Gasteiger partial charge in [0.1, 0.15) is 17.9 Å². The van der Waals surface area contributed by atoms with Crippen molar-refractivity contribution in [2.45, 2.75) is 19.6 Å². The predicted molar refractivity (Wildman–Crippen MR) is 115 cm³/mol. The average Bonchev–Trinajstić information content (AvgIpc) is 3.22. The third-order valence-corrected chi connectivity index (χ3v) is 6.00. The molecule has 4 heterocycles. The van der Waals surface area contributed by atoms with Crippen molar-refractivity contribution < 1.29 is 19.1 Å². The van der Waals surface area contributed by atoms with Gasteiger partial charge in [-0.15, -0.1) is 11.3 Å². The van der Waals surface area contributed by atoms with Gasteiger partial charge < -0.3 is 18.9 Å². The number of hydrogen-bond donors (Lipinski definition) is 0. The Morgan fingerprint density at radius 2 is 1.97 bits per heavy atom. The van der Waals surface area contributed by atoms with Crippen LogP contribution in [0.25, 0.3) is 0 Å². The maximum absolute atomic E-state index is 12.9. The van der Waals surface area contributed by atoms with E-state index in [-0.39, 0.29) is 35.9 Å². The van der Waals surface area contributed by atoms with Gasteiger partial charge in [0.05, 0.1) is 7.11 Å². The fourth-order valence-corrected chi connectivity index (χ4v) is 4.22. The van der Waals surface area contributed by atoms with Crippen molar-refractivity contribution in [2.24, 2.45) is 0 Å². The molecule has 3 aromatic rings. The van der Waals surface area contributed by atoms with E-state index in [4.69, 9.17) is 9.47 Å². The summed E-state index contributed by atoms with van der Waals surface area (Å²) in [6, 6.07) is 8.46. The molecular weight excluding hydrogens is 418 g/mol. The van der Waals surface area contributed by atoms with E-state index in [0.29, 0.717) is 30.8 Å². The van der Waals surface area contributed by atoms with Crippen LogP contribution in [0.2, 0.25) is 0 Å². The van der Waals surface area contributed by atoms with Crippen molar-refractivity contribution >= 4 is 23.2 Å². The fourth-order valence-electron chi connectivity index (χ4n) is 3.61. The number of hydrogen-bond acceptors (Lipinski definition) is 7. The summed E-state index contributed by atoms with van der Waals surface area (Å²) >= 11 is 1.53. The van der Waals surface area contributed by atoms with Crippen molar-refractivity contribution in [3.63, 3.8) is 0 Å². The Kier molecular flexibility index (Phi) is 6.13. The predicted octanol–water partition coefficient (Wildman–Crippen LogP) is 2.37. The molecule has 1 aliphatic heterocycles. The summed E-state index contributed by atoms with van der Waals surface area (Å²) in [7, 11) is 1.30. The number of rotatable bonds is 5. The first-order valence-corrected chi connectivity index (χ1v) is 10.7. The lowest BCUT2D eigenvalue weighted by atomic mass is 10.1. The number of carbonyl (C=O) groups excluding carboxylic acids is 2. The second-order valence-electron chi connectivity index (χ2n) is 6.96. The Morgan fingerprint density at radius 1 is 1.16 bits per heavy atom. The first-order valence-electron chi connectivity index (χ1n) is 9.78. The molecule has 1 amide bonds. The topological polar surface area (TPSA) is 90.7 Å². The summed E-state index contributed by atoms with van der Waals surface area (Å²) in [6.07, 6.45) is 3.46. The Morgan fingerprint density at radius 3 is 2.68 bits per heavy atom. The number of fused-ring (bicyclic) bond motifs is 1. The average molecular weight is 439 g/mol. The number of pyridine rings is 2. The highest BCUT2D eigenvalue weighted by atomic mass is 32.1. The maximum Gasteiger partial charge on any atom is 0.343 e. The molecule has 0 radical (unpaired) electrons. The highest BCUT2D eigenvalue weighted by Crippen LogP contribution is 2.25. The number of amides is 1. The van der Waals surface area contributed by atoms with Gasteiger partial charge in [0, 0.05) is 60.6 Å². The molecule has 3 aromatic heterocycles. The molecule has 0 atom stereocenters. The molecular formula is C22H21N3O5S. The van der Waals surface area contributed by atoms with E-state index in [2.05, 4.69) is 4.98 Å². The van der Waals surface area contributed by atoms with E-state index < -0.39 is 5.97 Å². The van der Waals surface area contributed by atoms with Gasteiger partial charge in [-0.05, 0) is 23.6 Å². The minimum atomic E-state index is -0.571. The summed E-state index contributed by atoms with van der Waals surface area (Å²) in [5, 5.41) is 1.93. The van der Waals surface area contributed by atoms with Crippen molar-refractivity contribution in [2.75, 3.05) is 20.2 Å². The van der Waals surface area contributed by atoms with Crippen LogP contribution in [-0.4, -0.2) is 46.5 Å². The number of carbonyl (C=O) groups is 2. The first-order chi connectivity index (χ1) is 15.1. The quantitative estimate of drug-likeness (QED) is 0.567. The molecule has 0 saturated carbocycles. The normalized spacial score (nSPS) is 13.3. The molecule has 9 heteroatoms. The molecule has 0 spiro atoms. The van der Waals surface area contributed by atoms with Gasteiger partial charge in [-0.3, -0.25) is 14.6 Å². The molecule has 31 heavy (non-hydrogen) atoms. The van der Waals surface area contributed by atoms with E-state index >= 15 is 0 Å². The van der Waals surface area contributed by atoms with Gasteiger partial charge in [-0.1, -0.05) is 6.07 Å². The van der Waals surface area contributed by atoms with Crippen LogP contribution in [-0.2, 0) is 24.3 Å². The minimum absolute atomic E-state index is 0.142. The molecule has 0 unspecified atom stereocenters. The zero-order valence-electron chi connectivity index (χ0n) is 16.9. The number of thiophene rings is 1. The minimum Gasteiger partial charge on any atom is -0.487 e. The summed E-state index contributed by atoms with van der Waals surface area (Å²) in [5.41, 5.74) is 1.01. The highest BCUT2D eigenvalue weighted by molar-refractivity contribution is 7.09. The molecule has 0 aromatic carbocycles. The first kappa shape index (κ1) is 20.8. The summed E-state index contributed by atoms with van der Waals surface area (Å²) in [6.45, 7) is 1.24. The zero-order valence-corrected chi connectivity index (χ0v) is 17.8. The molecule has 0 saturated heterocycles. The number of nitrogens with zero attached hydrogens (tertiary/aromatic N) is 3. The Hall–Kier alpha value is -3.46. The second-order valence-corrected chi connectivity index (χ2v) is 7.99. The molecule has 0 fully saturated rings. The van der Waals surface area contributed by atoms with E-state index in [1.54, 1.807) is 29.4 Å².